The summed E-state index contributed by atoms with van der Waals surface area (Å²) in [6, 6.07) is 11.7. The van der Waals surface area contributed by atoms with Crippen LogP contribution in [0.5, 0.6) is 0 Å². The van der Waals surface area contributed by atoms with Gasteiger partial charge in [0.1, 0.15) is 0 Å². The summed E-state index contributed by atoms with van der Waals surface area (Å²) >= 11 is 0. The Morgan fingerprint density at radius 2 is 1.88 bits per heavy atom. The fraction of sp³-hybridized carbons (Fsp3) is 0.348. The second-order valence-corrected chi connectivity index (χ2v) is 8.56. The summed E-state index contributed by atoms with van der Waals surface area (Å²) in [5.74, 6) is -1.26. The Morgan fingerprint density at radius 3 is 2.58 bits per heavy atom. The molecule has 0 aromatic heterocycles. The minimum absolute atomic E-state index is 0.0238. The summed E-state index contributed by atoms with van der Waals surface area (Å²) in [6.45, 7) is 4.53. The lowest BCUT2D eigenvalue weighted by Gasteiger charge is -2.55. The third-order valence-electron chi connectivity index (χ3n) is 6.96. The molecule has 3 aliphatic heterocycles. The summed E-state index contributed by atoms with van der Waals surface area (Å²) in [7, 11) is 0. The van der Waals surface area contributed by atoms with Crippen LogP contribution in [0.25, 0.3) is 0 Å². The third kappa shape index (κ3) is 3.09. The molecule has 2 saturated heterocycles. The molecular weight excluding hydrogens is 426 g/mol. The number of imide groups is 2. The number of amides is 4. The zero-order chi connectivity index (χ0) is 23.3. The maximum Gasteiger partial charge on any atom is 0.335 e. The molecule has 2 aromatic carbocycles. The molecule has 2 atom stereocenters. The lowest BCUT2D eigenvalue weighted by molar-refractivity contribution is -0.384. The van der Waals surface area contributed by atoms with Gasteiger partial charge in [-0.3, -0.25) is 29.9 Å². The van der Waals surface area contributed by atoms with Crippen molar-refractivity contribution >= 4 is 34.9 Å². The van der Waals surface area contributed by atoms with Gasteiger partial charge in [-0.05, 0) is 30.3 Å². The number of piperazine rings is 1. The number of fused-ring (bicyclic) bond motifs is 4. The van der Waals surface area contributed by atoms with E-state index in [1.165, 1.54) is 12.1 Å². The number of nitrogens with zero attached hydrogens (tertiary/aromatic N) is 4. The van der Waals surface area contributed by atoms with Crippen molar-refractivity contribution in [2.45, 2.75) is 19.4 Å². The van der Waals surface area contributed by atoms with Gasteiger partial charge in [-0.15, -0.1) is 0 Å². The highest BCUT2D eigenvalue weighted by Crippen LogP contribution is 2.47. The van der Waals surface area contributed by atoms with Gasteiger partial charge < -0.3 is 4.90 Å². The lowest BCUT2D eigenvalue weighted by Crippen LogP contribution is -2.75. The van der Waals surface area contributed by atoms with Gasteiger partial charge >= 0.3 is 6.03 Å². The molecule has 1 N–H and O–H groups in total. The van der Waals surface area contributed by atoms with Gasteiger partial charge in [0.25, 0.3) is 11.6 Å². The predicted molar refractivity (Wildman–Crippen MR) is 120 cm³/mol. The molecule has 0 unspecified atom stereocenters. The molecule has 33 heavy (non-hydrogen) atoms. The van der Waals surface area contributed by atoms with Crippen LogP contribution in [0, 0.1) is 15.5 Å². The van der Waals surface area contributed by atoms with Gasteiger partial charge in [-0.2, -0.15) is 0 Å². The van der Waals surface area contributed by atoms with Crippen molar-refractivity contribution in [1.82, 2.24) is 10.2 Å². The molecule has 0 radical (unpaired) electrons. The third-order valence-corrected chi connectivity index (χ3v) is 6.96. The number of nitrogens with one attached hydrogen (secondary N) is 1. The van der Waals surface area contributed by atoms with Gasteiger partial charge in [0, 0.05) is 43.9 Å². The normalized spacial score (nSPS) is 25.0. The Balaban J connectivity index is 1.68. The maximum absolute atomic E-state index is 14.1. The number of hydrogen-bond acceptors (Lipinski definition) is 7. The first kappa shape index (κ1) is 21.1. The Labute approximate surface area is 189 Å². The molecule has 0 aliphatic carbocycles. The van der Waals surface area contributed by atoms with Crippen LogP contribution in [0.1, 0.15) is 12.5 Å². The van der Waals surface area contributed by atoms with E-state index in [4.69, 9.17) is 0 Å². The second-order valence-electron chi connectivity index (χ2n) is 8.56. The van der Waals surface area contributed by atoms with Crippen LogP contribution in [0.3, 0.4) is 0 Å². The summed E-state index contributed by atoms with van der Waals surface area (Å²) in [5.41, 5.74) is 0.00687. The summed E-state index contributed by atoms with van der Waals surface area (Å²) in [6.07, 6.45) is -0.0238. The Morgan fingerprint density at radius 1 is 1.12 bits per heavy atom. The molecule has 4 amide bonds. The fourth-order valence-electron chi connectivity index (χ4n) is 5.28. The average Bonchev–Trinajstić information content (AvgIpc) is 2.82. The Bertz CT molecular complexity index is 1170. The van der Waals surface area contributed by atoms with Gasteiger partial charge in [0.15, 0.2) is 5.41 Å². The van der Waals surface area contributed by atoms with E-state index < -0.39 is 34.2 Å². The number of barbiturate groups is 1. The minimum atomic E-state index is -1.60. The minimum Gasteiger partial charge on any atom is -0.364 e. The number of hydrogen-bond donors (Lipinski definition) is 1. The summed E-state index contributed by atoms with van der Waals surface area (Å²) in [4.78, 5) is 56.4. The van der Waals surface area contributed by atoms with Crippen LogP contribution in [0.15, 0.2) is 48.5 Å². The number of nitro benzene ring substituents is 1. The lowest BCUT2D eigenvalue weighted by atomic mass is 9.67. The molecule has 2 fully saturated rings. The van der Waals surface area contributed by atoms with Crippen molar-refractivity contribution in [3.05, 3.63) is 64.2 Å². The SMILES string of the molecule is CCN1CCN2c3ccc([N+](=O)[O-])cc3C[C@@]3(C(=O)NC(=O)N(c4ccccc4)C3=O)[C@@H]2C1. The molecule has 1 spiro atoms. The fourth-order valence-corrected chi connectivity index (χ4v) is 5.28. The quantitative estimate of drug-likeness (QED) is 0.432. The smallest absolute Gasteiger partial charge is 0.335 e. The monoisotopic (exact) mass is 449 g/mol. The number of carbonyl (C=O) groups is 3. The van der Waals surface area contributed by atoms with E-state index in [0.29, 0.717) is 24.3 Å². The van der Waals surface area contributed by atoms with Gasteiger partial charge in [0.05, 0.1) is 16.7 Å². The predicted octanol–water partition coefficient (Wildman–Crippen LogP) is 1.93. The zero-order valence-electron chi connectivity index (χ0n) is 18.1. The molecule has 10 heteroatoms. The first-order valence-corrected chi connectivity index (χ1v) is 10.9. The van der Waals surface area contributed by atoms with E-state index in [-0.39, 0.29) is 12.1 Å². The first-order valence-electron chi connectivity index (χ1n) is 10.9. The van der Waals surface area contributed by atoms with Crippen molar-refractivity contribution in [3.63, 3.8) is 0 Å². The highest BCUT2D eigenvalue weighted by Gasteiger charge is 2.63. The Hall–Kier alpha value is -3.79. The van der Waals surface area contributed by atoms with Crippen LogP contribution in [-0.4, -0.2) is 59.9 Å². The van der Waals surface area contributed by atoms with Gasteiger partial charge in [0.2, 0.25) is 5.91 Å². The zero-order valence-corrected chi connectivity index (χ0v) is 18.1. The molecule has 170 valence electrons. The van der Waals surface area contributed by atoms with Gasteiger partial charge in [-0.25, -0.2) is 9.69 Å². The van der Waals surface area contributed by atoms with E-state index in [9.17, 15) is 24.5 Å². The topological polar surface area (TPSA) is 116 Å². The molecule has 3 aliphatic rings. The molecule has 10 nitrogen and oxygen atoms in total. The van der Waals surface area contributed by atoms with E-state index in [1.807, 2.05) is 11.8 Å². The molecule has 2 aromatic rings. The summed E-state index contributed by atoms with van der Waals surface area (Å²) in [5, 5.41) is 13.8. The van der Waals surface area contributed by atoms with Crippen LogP contribution < -0.4 is 15.1 Å². The van der Waals surface area contributed by atoms with Crippen molar-refractivity contribution < 1.29 is 19.3 Å². The maximum atomic E-state index is 14.1. The number of urea groups is 1. The van der Waals surface area contributed by atoms with Crippen LogP contribution >= 0.6 is 0 Å². The van der Waals surface area contributed by atoms with E-state index in [1.54, 1.807) is 36.4 Å². The van der Waals surface area contributed by atoms with E-state index in [0.717, 1.165) is 23.7 Å². The number of non-ortho nitro benzene ring substituents is 1. The molecule has 5 rings (SSSR count). The van der Waals surface area contributed by atoms with Crippen molar-refractivity contribution in [3.8, 4) is 0 Å². The van der Waals surface area contributed by atoms with Crippen LogP contribution in [0.2, 0.25) is 0 Å². The van der Waals surface area contributed by atoms with Crippen molar-refractivity contribution in [2.24, 2.45) is 5.41 Å². The highest BCUT2D eigenvalue weighted by atomic mass is 16.6. The second kappa shape index (κ2) is 7.66. The largest absolute Gasteiger partial charge is 0.364 e. The van der Waals surface area contributed by atoms with Crippen LogP contribution in [-0.2, 0) is 16.0 Å². The number of rotatable bonds is 3. The number of nitro groups is 1. The number of carbonyl (C=O) groups excluding carboxylic acids is 3. The molecule has 3 heterocycles. The molecular formula is C23H23N5O5. The van der Waals surface area contributed by atoms with E-state index in [2.05, 4.69) is 10.2 Å². The number of anilines is 2. The number of para-hydroxylation sites is 1. The Kier molecular flexibility index (Phi) is 4.89. The summed E-state index contributed by atoms with van der Waals surface area (Å²) < 4.78 is 0. The van der Waals surface area contributed by atoms with Crippen LogP contribution in [0.4, 0.5) is 21.9 Å². The van der Waals surface area contributed by atoms with Crippen molar-refractivity contribution in [2.75, 3.05) is 36.0 Å². The van der Waals surface area contributed by atoms with Crippen molar-refractivity contribution in [1.29, 1.82) is 0 Å². The average molecular weight is 449 g/mol. The standard InChI is InChI=1S/C23H23N5O5/c1-2-25-10-11-26-18-9-8-17(28(32)33)12-15(18)13-23(19(26)14-25)20(29)24-22(31)27(21(23)30)16-6-4-3-5-7-16/h3-9,12,19H,2,10-11,13-14H2,1H3,(H,24,29,31)/t19-,23-/m0/s1. The van der Waals surface area contributed by atoms with Gasteiger partial charge in [-0.1, -0.05) is 25.1 Å². The number of benzene rings is 2. The number of likely N-dealkylation sites (N-methyl/N-ethyl adjacent to an activating group) is 1. The highest BCUT2D eigenvalue weighted by molar-refractivity contribution is 6.30. The molecule has 0 bridgehead atoms. The van der Waals surface area contributed by atoms with E-state index >= 15 is 0 Å². The first-order chi connectivity index (χ1) is 15.9. The molecule has 0 saturated carbocycles.